The van der Waals surface area contributed by atoms with Crippen molar-refractivity contribution in [3.05, 3.63) is 22.7 Å². The second-order valence-electron chi connectivity index (χ2n) is 4.86. The van der Waals surface area contributed by atoms with Crippen molar-refractivity contribution in [1.29, 1.82) is 0 Å². The molecule has 18 heavy (non-hydrogen) atoms. The number of rotatable bonds is 4. The Morgan fingerprint density at radius 3 is 2.78 bits per heavy atom. The van der Waals surface area contributed by atoms with Gasteiger partial charge < -0.3 is 14.4 Å². The van der Waals surface area contributed by atoms with Crippen molar-refractivity contribution in [3.8, 4) is 11.5 Å². The molecular weight excluding hydrogens is 250 g/mol. The predicted octanol–water partition coefficient (Wildman–Crippen LogP) is 3.00. The van der Waals surface area contributed by atoms with Gasteiger partial charge >= 0.3 is 0 Å². The predicted molar refractivity (Wildman–Crippen MR) is 73.9 cm³/mol. The van der Waals surface area contributed by atoms with Gasteiger partial charge in [0.15, 0.2) is 11.5 Å². The number of benzene rings is 1. The van der Waals surface area contributed by atoms with Gasteiger partial charge in [0.25, 0.3) is 0 Å². The van der Waals surface area contributed by atoms with Crippen molar-refractivity contribution in [2.45, 2.75) is 19.3 Å². The Kier molecular flexibility index (Phi) is 4.72. The van der Waals surface area contributed by atoms with Crippen LogP contribution < -0.4 is 9.47 Å². The van der Waals surface area contributed by atoms with E-state index in [9.17, 15) is 0 Å². The van der Waals surface area contributed by atoms with Crippen LogP contribution in [0, 0.1) is 0 Å². The molecule has 0 bridgehead atoms. The van der Waals surface area contributed by atoms with Crippen LogP contribution in [-0.2, 0) is 6.42 Å². The summed E-state index contributed by atoms with van der Waals surface area (Å²) < 4.78 is 11.3. The third-order valence-electron chi connectivity index (χ3n) is 2.93. The van der Waals surface area contributed by atoms with Crippen molar-refractivity contribution >= 4 is 11.6 Å². The average molecular weight is 270 g/mol. The van der Waals surface area contributed by atoms with Gasteiger partial charge in [-0.25, -0.2) is 0 Å². The minimum atomic E-state index is 0.661. The molecule has 0 radical (unpaired) electrons. The van der Waals surface area contributed by atoms with Gasteiger partial charge in [0.05, 0.1) is 18.2 Å². The van der Waals surface area contributed by atoms with E-state index in [2.05, 4.69) is 25.1 Å². The molecule has 1 aliphatic rings. The second-order valence-corrected chi connectivity index (χ2v) is 5.27. The molecule has 0 saturated heterocycles. The summed E-state index contributed by atoms with van der Waals surface area (Å²) >= 11 is 6.25. The Hall–Kier alpha value is -0.930. The van der Waals surface area contributed by atoms with Gasteiger partial charge in [-0.2, -0.15) is 0 Å². The maximum absolute atomic E-state index is 6.25. The topological polar surface area (TPSA) is 21.7 Å². The molecule has 1 aromatic carbocycles. The van der Waals surface area contributed by atoms with Crippen LogP contribution in [0.15, 0.2) is 12.1 Å². The van der Waals surface area contributed by atoms with Crippen molar-refractivity contribution in [2.24, 2.45) is 0 Å². The number of hydrogen-bond donors (Lipinski definition) is 0. The standard InChI is InChI=1S/C14H20ClNO2/c1-16(2)6-3-5-11-9-12(15)14-13(10-11)17-7-4-8-18-14/h9-10H,3-8H2,1-2H3. The SMILES string of the molecule is CN(C)CCCc1cc(Cl)c2c(c1)OCCCO2. The average Bonchev–Trinajstić information content (AvgIpc) is 2.54. The van der Waals surface area contributed by atoms with E-state index in [4.69, 9.17) is 21.1 Å². The van der Waals surface area contributed by atoms with Gasteiger partial charge in [0, 0.05) is 6.42 Å². The van der Waals surface area contributed by atoms with E-state index in [0.717, 1.165) is 31.6 Å². The summed E-state index contributed by atoms with van der Waals surface area (Å²) in [5, 5.41) is 0.661. The van der Waals surface area contributed by atoms with Crippen LogP contribution in [0.5, 0.6) is 11.5 Å². The van der Waals surface area contributed by atoms with Crippen molar-refractivity contribution in [3.63, 3.8) is 0 Å². The number of nitrogens with zero attached hydrogens (tertiary/aromatic N) is 1. The zero-order valence-electron chi connectivity index (χ0n) is 11.0. The lowest BCUT2D eigenvalue weighted by atomic mass is 10.1. The normalized spacial score (nSPS) is 14.7. The fourth-order valence-electron chi connectivity index (χ4n) is 2.03. The molecule has 0 amide bonds. The second kappa shape index (κ2) is 6.30. The van der Waals surface area contributed by atoms with E-state index in [1.165, 1.54) is 5.56 Å². The Morgan fingerprint density at radius 1 is 1.22 bits per heavy atom. The molecule has 0 aliphatic carbocycles. The number of aryl methyl sites for hydroxylation is 1. The summed E-state index contributed by atoms with van der Waals surface area (Å²) in [6.07, 6.45) is 3.03. The third-order valence-corrected chi connectivity index (χ3v) is 3.21. The van der Waals surface area contributed by atoms with E-state index in [0.29, 0.717) is 24.0 Å². The summed E-state index contributed by atoms with van der Waals surface area (Å²) in [5.41, 5.74) is 1.21. The van der Waals surface area contributed by atoms with Crippen LogP contribution in [0.1, 0.15) is 18.4 Å². The molecule has 0 fully saturated rings. The third kappa shape index (κ3) is 3.53. The van der Waals surface area contributed by atoms with E-state index in [1.54, 1.807) is 0 Å². The maximum atomic E-state index is 6.25. The molecule has 0 spiro atoms. The smallest absolute Gasteiger partial charge is 0.179 e. The van der Waals surface area contributed by atoms with E-state index in [1.807, 2.05) is 6.07 Å². The molecule has 0 aromatic heterocycles. The highest BCUT2D eigenvalue weighted by Gasteiger charge is 2.15. The van der Waals surface area contributed by atoms with Gasteiger partial charge in [-0.05, 0) is 51.2 Å². The van der Waals surface area contributed by atoms with Crippen LogP contribution >= 0.6 is 11.6 Å². The highest BCUT2D eigenvalue weighted by atomic mass is 35.5. The van der Waals surface area contributed by atoms with Crippen LogP contribution in [0.25, 0.3) is 0 Å². The molecule has 2 rings (SSSR count). The highest BCUT2D eigenvalue weighted by Crippen LogP contribution is 2.38. The monoisotopic (exact) mass is 269 g/mol. The minimum Gasteiger partial charge on any atom is -0.489 e. The van der Waals surface area contributed by atoms with Gasteiger partial charge in [-0.3, -0.25) is 0 Å². The molecule has 3 nitrogen and oxygen atoms in total. The van der Waals surface area contributed by atoms with Gasteiger partial charge in [-0.1, -0.05) is 11.6 Å². The lowest BCUT2D eigenvalue weighted by molar-refractivity contribution is 0.297. The van der Waals surface area contributed by atoms with E-state index < -0.39 is 0 Å². The van der Waals surface area contributed by atoms with Crippen molar-refractivity contribution in [1.82, 2.24) is 4.90 Å². The summed E-state index contributed by atoms with van der Waals surface area (Å²) in [6, 6.07) is 4.05. The molecule has 1 aliphatic heterocycles. The van der Waals surface area contributed by atoms with E-state index in [-0.39, 0.29) is 0 Å². The zero-order valence-corrected chi connectivity index (χ0v) is 11.8. The molecule has 0 atom stereocenters. The summed E-state index contributed by atoms with van der Waals surface area (Å²) in [5.74, 6) is 1.49. The van der Waals surface area contributed by atoms with Crippen LogP contribution in [-0.4, -0.2) is 38.8 Å². The Labute approximate surface area is 114 Å². The van der Waals surface area contributed by atoms with Crippen LogP contribution in [0.3, 0.4) is 0 Å². The Morgan fingerprint density at radius 2 is 2.00 bits per heavy atom. The lowest BCUT2D eigenvalue weighted by Gasteiger charge is -2.13. The van der Waals surface area contributed by atoms with E-state index >= 15 is 0 Å². The zero-order chi connectivity index (χ0) is 13.0. The minimum absolute atomic E-state index is 0.661. The van der Waals surface area contributed by atoms with Gasteiger partial charge in [-0.15, -0.1) is 0 Å². The first kappa shape index (κ1) is 13.5. The molecule has 1 heterocycles. The quantitative estimate of drug-likeness (QED) is 0.839. The van der Waals surface area contributed by atoms with Crippen molar-refractivity contribution in [2.75, 3.05) is 33.9 Å². The molecule has 100 valence electrons. The summed E-state index contributed by atoms with van der Waals surface area (Å²) in [4.78, 5) is 2.19. The molecule has 1 aromatic rings. The number of halogens is 1. The molecule has 0 N–H and O–H groups in total. The number of fused-ring (bicyclic) bond motifs is 1. The molecular formula is C14H20ClNO2. The lowest BCUT2D eigenvalue weighted by Crippen LogP contribution is -2.13. The van der Waals surface area contributed by atoms with Gasteiger partial charge in [0.1, 0.15) is 0 Å². The Bertz CT molecular complexity index is 407. The fraction of sp³-hybridized carbons (Fsp3) is 0.571. The van der Waals surface area contributed by atoms with Gasteiger partial charge in [0.2, 0.25) is 0 Å². The highest BCUT2D eigenvalue weighted by molar-refractivity contribution is 6.32. The first-order valence-corrected chi connectivity index (χ1v) is 6.77. The first-order valence-electron chi connectivity index (χ1n) is 6.39. The van der Waals surface area contributed by atoms with Crippen molar-refractivity contribution < 1.29 is 9.47 Å². The maximum Gasteiger partial charge on any atom is 0.179 e. The number of ether oxygens (including phenoxy) is 2. The number of hydrogen-bond acceptors (Lipinski definition) is 3. The Balaban J connectivity index is 2.08. The molecule has 0 saturated carbocycles. The van der Waals surface area contributed by atoms with Crippen LogP contribution in [0.4, 0.5) is 0 Å². The van der Waals surface area contributed by atoms with Crippen LogP contribution in [0.2, 0.25) is 5.02 Å². The molecule has 0 unspecified atom stereocenters. The molecule has 4 heteroatoms. The summed E-state index contributed by atoms with van der Waals surface area (Å²) in [7, 11) is 4.17. The summed E-state index contributed by atoms with van der Waals surface area (Å²) in [6.45, 7) is 2.45. The largest absolute Gasteiger partial charge is 0.489 e. The first-order chi connectivity index (χ1) is 8.66. The fourth-order valence-corrected chi connectivity index (χ4v) is 2.32.